The quantitative estimate of drug-likeness (QED) is 0.784. The van der Waals surface area contributed by atoms with Crippen LogP contribution in [0.3, 0.4) is 0 Å². The van der Waals surface area contributed by atoms with Crippen molar-refractivity contribution in [3.63, 3.8) is 0 Å². The van der Waals surface area contributed by atoms with E-state index in [-0.39, 0.29) is 10.7 Å². The molecule has 6 heteroatoms. The minimum Gasteiger partial charge on any atom is -0.292 e. The highest BCUT2D eigenvalue weighted by Crippen LogP contribution is 2.28. The van der Waals surface area contributed by atoms with Crippen molar-refractivity contribution >= 4 is 15.8 Å². The maximum Gasteiger partial charge on any atom is 0.243 e. The summed E-state index contributed by atoms with van der Waals surface area (Å²) in [4.78, 5) is 12.9. The van der Waals surface area contributed by atoms with E-state index in [0.717, 1.165) is 23.3 Å². The van der Waals surface area contributed by atoms with E-state index in [1.54, 1.807) is 12.1 Å². The molecule has 1 aliphatic heterocycles. The molecule has 1 fully saturated rings. The summed E-state index contributed by atoms with van der Waals surface area (Å²) in [5.74, 6) is -0.686. The third kappa shape index (κ3) is 3.37. The van der Waals surface area contributed by atoms with Crippen LogP contribution in [0.1, 0.15) is 34.3 Å². The van der Waals surface area contributed by atoms with Crippen molar-refractivity contribution in [1.82, 2.24) is 4.31 Å². The molecule has 1 saturated heterocycles. The Morgan fingerprint density at radius 1 is 1.08 bits per heavy atom. The monoisotopic (exact) mass is 361 g/mol. The van der Waals surface area contributed by atoms with Crippen molar-refractivity contribution in [3.05, 3.63) is 65.0 Å². The Bertz CT molecular complexity index is 907. The molecule has 1 unspecified atom stereocenters. The summed E-state index contributed by atoms with van der Waals surface area (Å²) in [5, 5.41) is 0. The Morgan fingerprint density at radius 2 is 1.76 bits per heavy atom. The number of hydrogen-bond acceptors (Lipinski definition) is 3. The Morgan fingerprint density at radius 3 is 2.40 bits per heavy atom. The summed E-state index contributed by atoms with van der Waals surface area (Å²) in [6.07, 6.45) is 1.12. The van der Waals surface area contributed by atoms with Gasteiger partial charge in [0.15, 0.2) is 5.78 Å². The lowest BCUT2D eigenvalue weighted by Gasteiger charge is -2.23. The number of ketones is 1. The first-order valence-electron chi connectivity index (χ1n) is 8.19. The predicted octanol–water partition coefficient (Wildman–Crippen LogP) is 3.48. The van der Waals surface area contributed by atoms with Gasteiger partial charge in [0.05, 0.1) is 10.9 Å². The summed E-state index contributed by atoms with van der Waals surface area (Å²) >= 11 is 0. The van der Waals surface area contributed by atoms with Crippen LogP contribution in [0.5, 0.6) is 0 Å². The van der Waals surface area contributed by atoms with E-state index >= 15 is 0 Å². The molecule has 0 spiro atoms. The number of Topliss-reactive ketones (excluding diaryl/α,β-unsaturated/α-hetero) is 1. The van der Waals surface area contributed by atoms with Gasteiger partial charge in [-0.2, -0.15) is 4.31 Å². The highest BCUT2D eigenvalue weighted by Gasteiger charge is 2.39. The molecule has 25 heavy (non-hydrogen) atoms. The van der Waals surface area contributed by atoms with Crippen LogP contribution in [-0.2, 0) is 10.0 Å². The molecule has 4 nitrogen and oxygen atoms in total. The van der Waals surface area contributed by atoms with Crippen LogP contribution in [-0.4, -0.2) is 31.1 Å². The van der Waals surface area contributed by atoms with E-state index in [4.69, 9.17) is 0 Å². The first-order valence-corrected chi connectivity index (χ1v) is 9.63. The second-order valence-electron chi connectivity index (χ2n) is 6.39. The van der Waals surface area contributed by atoms with E-state index in [1.807, 2.05) is 19.9 Å². The topological polar surface area (TPSA) is 54.5 Å². The van der Waals surface area contributed by atoms with Gasteiger partial charge in [-0.15, -0.1) is 0 Å². The van der Waals surface area contributed by atoms with Gasteiger partial charge in [-0.3, -0.25) is 4.79 Å². The first kappa shape index (κ1) is 17.8. The molecular formula is C19H20FNO3S. The normalized spacial score (nSPS) is 18.4. The van der Waals surface area contributed by atoms with Gasteiger partial charge in [-0.1, -0.05) is 12.1 Å². The minimum atomic E-state index is -3.83. The lowest BCUT2D eigenvalue weighted by molar-refractivity contribution is 0.0918. The Balaban J connectivity index is 1.93. The zero-order chi connectivity index (χ0) is 18.2. The summed E-state index contributed by atoms with van der Waals surface area (Å²) in [6, 6.07) is 9.41. The molecule has 0 radical (unpaired) electrons. The van der Waals surface area contributed by atoms with Crippen LogP contribution in [0.25, 0.3) is 0 Å². The lowest BCUT2D eigenvalue weighted by Crippen LogP contribution is -2.40. The molecule has 2 aromatic carbocycles. The van der Waals surface area contributed by atoms with Crippen LogP contribution in [0.2, 0.25) is 0 Å². The van der Waals surface area contributed by atoms with E-state index in [2.05, 4.69) is 0 Å². The summed E-state index contributed by atoms with van der Waals surface area (Å²) in [5.41, 5.74) is 2.60. The fraction of sp³-hybridized carbons (Fsp3) is 0.316. The molecule has 1 aliphatic rings. The average Bonchev–Trinajstić information content (AvgIpc) is 3.07. The number of halogens is 1. The summed E-state index contributed by atoms with van der Waals surface area (Å²) in [7, 11) is -3.83. The number of nitrogens with zero attached hydrogens (tertiary/aromatic N) is 1. The van der Waals surface area contributed by atoms with E-state index in [9.17, 15) is 17.6 Å². The summed E-state index contributed by atoms with van der Waals surface area (Å²) in [6.45, 7) is 4.18. The maximum absolute atomic E-state index is 13.1. The van der Waals surface area contributed by atoms with Crippen molar-refractivity contribution < 1.29 is 17.6 Å². The third-order valence-electron chi connectivity index (χ3n) is 4.72. The fourth-order valence-electron chi connectivity index (χ4n) is 3.12. The van der Waals surface area contributed by atoms with E-state index in [0.29, 0.717) is 24.9 Å². The number of carbonyl (C=O) groups is 1. The second-order valence-corrected chi connectivity index (χ2v) is 8.28. The number of sulfonamides is 1. The number of carbonyl (C=O) groups excluding carboxylic acids is 1. The number of benzene rings is 2. The molecule has 3 rings (SSSR count). The first-order chi connectivity index (χ1) is 11.8. The van der Waals surface area contributed by atoms with Crippen LogP contribution in [0, 0.1) is 19.7 Å². The van der Waals surface area contributed by atoms with Crippen molar-refractivity contribution in [1.29, 1.82) is 0 Å². The van der Waals surface area contributed by atoms with Gasteiger partial charge in [-0.05, 0) is 68.1 Å². The standard InChI is InChI=1S/C19H20FNO3S/c1-13-5-6-15(12-14(13)2)19(22)18-4-3-11-21(18)25(23,24)17-9-7-16(20)8-10-17/h5-10,12,18H,3-4,11H2,1-2H3. The van der Waals surface area contributed by atoms with Gasteiger partial charge in [0.25, 0.3) is 0 Å². The van der Waals surface area contributed by atoms with Gasteiger partial charge < -0.3 is 0 Å². The molecule has 0 aromatic heterocycles. The maximum atomic E-state index is 13.1. The molecule has 132 valence electrons. The summed E-state index contributed by atoms with van der Waals surface area (Å²) < 4.78 is 40.1. The number of hydrogen-bond donors (Lipinski definition) is 0. The fourth-order valence-corrected chi connectivity index (χ4v) is 4.78. The van der Waals surface area contributed by atoms with E-state index in [1.165, 1.54) is 16.4 Å². The van der Waals surface area contributed by atoms with Gasteiger partial charge >= 0.3 is 0 Å². The smallest absolute Gasteiger partial charge is 0.243 e. The highest BCUT2D eigenvalue weighted by molar-refractivity contribution is 7.89. The lowest BCUT2D eigenvalue weighted by atomic mass is 9.99. The zero-order valence-electron chi connectivity index (χ0n) is 14.2. The van der Waals surface area contributed by atoms with Crippen LogP contribution < -0.4 is 0 Å². The van der Waals surface area contributed by atoms with E-state index < -0.39 is 21.9 Å². The number of aryl methyl sites for hydroxylation is 2. The zero-order valence-corrected chi connectivity index (χ0v) is 15.0. The Hall–Kier alpha value is -2.05. The molecular weight excluding hydrogens is 341 g/mol. The van der Waals surface area contributed by atoms with Crippen LogP contribution in [0.4, 0.5) is 4.39 Å². The Kier molecular flexibility index (Phi) is 4.75. The van der Waals surface area contributed by atoms with Gasteiger partial charge in [0, 0.05) is 12.1 Å². The molecule has 1 atom stereocenters. The van der Waals surface area contributed by atoms with Gasteiger partial charge in [0.2, 0.25) is 10.0 Å². The predicted molar refractivity (Wildman–Crippen MR) is 93.6 cm³/mol. The molecule has 0 saturated carbocycles. The van der Waals surface area contributed by atoms with Crippen molar-refractivity contribution in [2.75, 3.05) is 6.54 Å². The molecule has 0 bridgehead atoms. The van der Waals surface area contributed by atoms with Crippen LogP contribution >= 0.6 is 0 Å². The minimum absolute atomic E-state index is 0.00804. The second kappa shape index (κ2) is 6.69. The molecule has 0 aliphatic carbocycles. The van der Waals surface area contributed by atoms with Crippen molar-refractivity contribution in [2.24, 2.45) is 0 Å². The van der Waals surface area contributed by atoms with Gasteiger partial charge in [0.1, 0.15) is 5.82 Å². The number of rotatable bonds is 4. The average molecular weight is 361 g/mol. The third-order valence-corrected chi connectivity index (χ3v) is 6.64. The molecule has 0 amide bonds. The largest absolute Gasteiger partial charge is 0.292 e. The molecule has 2 aromatic rings. The van der Waals surface area contributed by atoms with Crippen molar-refractivity contribution in [3.8, 4) is 0 Å². The highest BCUT2D eigenvalue weighted by atomic mass is 32.2. The Labute approximate surface area is 147 Å². The van der Waals surface area contributed by atoms with Crippen molar-refractivity contribution in [2.45, 2.75) is 37.6 Å². The van der Waals surface area contributed by atoms with Gasteiger partial charge in [-0.25, -0.2) is 12.8 Å². The molecule has 0 N–H and O–H groups in total. The van der Waals surface area contributed by atoms with Crippen LogP contribution in [0.15, 0.2) is 47.4 Å². The molecule has 1 heterocycles. The SMILES string of the molecule is Cc1ccc(C(=O)C2CCCN2S(=O)(=O)c2ccc(F)cc2)cc1C.